The lowest BCUT2D eigenvalue weighted by molar-refractivity contribution is 0.0729. The fourth-order valence-corrected chi connectivity index (χ4v) is 4.75. The third kappa shape index (κ3) is 4.03. The van der Waals surface area contributed by atoms with Gasteiger partial charge in [0, 0.05) is 35.1 Å². The van der Waals surface area contributed by atoms with Crippen LogP contribution in [-0.2, 0) is 6.54 Å². The molecule has 0 unspecified atom stereocenters. The van der Waals surface area contributed by atoms with E-state index in [4.69, 9.17) is 21.1 Å². The summed E-state index contributed by atoms with van der Waals surface area (Å²) in [6.07, 6.45) is 3.43. The Bertz CT molecular complexity index is 1440. The number of aromatic hydroxyl groups is 1. The van der Waals surface area contributed by atoms with E-state index < -0.39 is 6.04 Å². The summed E-state index contributed by atoms with van der Waals surface area (Å²) in [5, 5.41) is 18.6. The van der Waals surface area contributed by atoms with Crippen LogP contribution in [0.3, 0.4) is 0 Å². The van der Waals surface area contributed by atoms with Gasteiger partial charge in [-0.2, -0.15) is 5.10 Å². The number of aryl methyl sites for hydroxylation is 1. The summed E-state index contributed by atoms with van der Waals surface area (Å²) in [7, 11) is 1.58. The molecule has 4 aromatic rings. The Morgan fingerprint density at radius 2 is 2.03 bits per heavy atom. The first-order valence-electron chi connectivity index (χ1n) is 11.5. The van der Waals surface area contributed by atoms with Gasteiger partial charge in [-0.05, 0) is 60.9 Å². The van der Waals surface area contributed by atoms with E-state index in [9.17, 15) is 9.90 Å². The summed E-state index contributed by atoms with van der Waals surface area (Å²) in [4.78, 5) is 19.6. The van der Waals surface area contributed by atoms with Gasteiger partial charge in [0.2, 0.25) is 0 Å². The number of nitrogens with one attached hydrogen (secondary N) is 1. The van der Waals surface area contributed by atoms with Crippen molar-refractivity contribution in [1.29, 1.82) is 0 Å². The average molecular weight is 505 g/mol. The van der Waals surface area contributed by atoms with Gasteiger partial charge in [0.05, 0.1) is 19.8 Å². The van der Waals surface area contributed by atoms with Crippen molar-refractivity contribution in [3.8, 4) is 28.5 Å². The van der Waals surface area contributed by atoms with Crippen LogP contribution >= 0.6 is 11.6 Å². The number of ether oxygens (including phenoxy) is 2. The van der Waals surface area contributed by atoms with Gasteiger partial charge in [-0.1, -0.05) is 23.7 Å². The molecule has 8 nitrogen and oxygen atoms in total. The zero-order chi connectivity index (χ0) is 25.4. The first-order valence-corrected chi connectivity index (χ1v) is 11.9. The molecule has 184 valence electrons. The molecular formula is C27H25ClN4O4. The molecule has 0 bridgehead atoms. The van der Waals surface area contributed by atoms with Gasteiger partial charge in [-0.15, -0.1) is 0 Å². The smallest absolute Gasteiger partial charge is 0.273 e. The number of aromatic nitrogens is 3. The number of amides is 1. The second kappa shape index (κ2) is 9.54. The molecule has 2 N–H and O–H groups in total. The van der Waals surface area contributed by atoms with Crippen LogP contribution in [0.5, 0.6) is 17.2 Å². The molecule has 0 aliphatic carbocycles. The topological polar surface area (TPSA) is 101 Å². The molecular weight excluding hydrogens is 480 g/mol. The number of hydrogen-bond donors (Lipinski definition) is 2. The molecule has 1 aliphatic heterocycles. The lowest BCUT2D eigenvalue weighted by atomic mass is 9.95. The van der Waals surface area contributed by atoms with E-state index in [1.165, 1.54) is 0 Å². The van der Waals surface area contributed by atoms with Crippen LogP contribution in [-0.4, -0.2) is 44.8 Å². The Morgan fingerprint density at radius 1 is 1.19 bits per heavy atom. The summed E-state index contributed by atoms with van der Waals surface area (Å²) in [6.45, 7) is 4.54. The maximum Gasteiger partial charge on any atom is 0.273 e. The van der Waals surface area contributed by atoms with Crippen molar-refractivity contribution >= 4 is 17.5 Å². The van der Waals surface area contributed by atoms with E-state index in [1.807, 2.05) is 44.2 Å². The predicted octanol–water partition coefficient (Wildman–Crippen LogP) is 5.29. The number of methoxy groups -OCH3 is 1. The fourth-order valence-electron chi connectivity index (χ4n) is 4.58. The second-order valence-electron chi connectivity index (χ2n) is 8.52. The highest BCUT2D eigenvalue weighted by molar-refractivity contribution is 6.31. The second-order valence-corrected chi connectivity index (χ2v) is 8.93. The summed E-state index contributed by atoms with van der Waals surface area (Å²) in [5.41, 5.74) is 4.37. The van der Waals surface area contributed by atoms with E-state index >= 15 is 0 Å². The molecule has 0 fully saturated rings. The van der Waals surface area contributed by atoms with Gasteiger partial charge in [0.1, 0.15) is 17.1 Å². The van der Waals surface area contributed by atoms with Gasteiger partial charge >= 0.3 is 0 Å². The molecule has 0 saturated carbocycles. The number of aromatic amines is 1. The number of nitrogens with zero attached hydrogens (tertiary/aromatic N) is 3. The zero-order valence-corrected chi connectivity index (χ0v) is 20.8. The summed E-state index contributed by atoms with van der Waals surface area (Å²) < 4.78 is 11.3. The molecule has 3 heterocycles. The third-order valence-corrected chi connectivity index (χ3v) is 6.68. The molecule has 0 saturated heterocycles. The first kappa shape index (κ1) is 23.7. The highest BCUT2D eigenvalue weighted by Gasteiger charge is 2.43. The number of halogens is 1. The van der Waals surface area contributed by atoms with Crippen molar-refractivity contribution in [3.05, 3.63) is 87.8 Å². The fraction of sp³-hybridized carbons (Fsp3) is 0.222. The largest absolute Gasteiger partial charge is 0.507 e. The Balaban J connectivity index is 1.69. The molecule has 2 aromatic carbocycles. The van der Waals surface area contributed by atoms with Crippen LogP contribution in [0.15, 0.2) is 54.9 Å². The minimum atomic E-state index is -0.509. The van der Waals surface area contributed by atoms with Crippen LogP contribution < -0.4 is 9.47 Å². The van der Waals surface area contributed by atoms with E-state index in [1.54, 1.807) is 36.5 Å². The van der Waals surface area contributed by atoms with E-state index in [0.717, 1.165) is 16.7 Å². The average Bonchev–Trinajstić information content (AvgIpc) is 3.41. The molecule has 1 aliphatic rings. The number of pyridine rings is 1. The zero-order valence-electron chi connectivity index (χ0n) is 20.1. The molecule has 1 atom stereocenters. The number of benzene rings is 2. The molecule has 5 rings (SSSR count). The highest BCUT2D eigenvalue weighted by atomic mass is 35.5. The minimum Gasteiger partial charge on any atom is -0.507 e. The monoisotopic (exact) mass is 504 g/mol. The first-order chi connectivity index (χ1) is 17.4. The summed E-state index contributed by atoms with van der Waals surface area (Å²) in [6, 6.07) is 12.1. The van der Waals surface area contributed by atoms with Crippen molar-refractivity contribution in [2.24, 2.45) is 0 Å². The quantitative estimate of drug-likeness (QED) is 0.354. The minimum absolute atomic E-state index is 0.0346. The lowest BCUT2D eigenvalue weighted by Gasteiger charge is -2.27. The maximum atomic E-state index is 13.6. The van der Waals surface area contributed by atoms with Gasteiger partial charge in [0.15, 0.2) is 11.5 Å². The van der Waals surface area contributed by atoms with Crippen LogP contribution in [0.25, 0.3) is 11.3 Å². The standard InChI is InChI=1S/C27H25ClN4O4/c1-4-36-21-8-7-17(11-22(21)35-3)26-23-24(18-12-19(28)15(2)10-20(18)33)30-31-25(23)27(34)32(26)14-16-6-5-9-29-13-16/h5-13,26,33H,4,14H2,1-3H3,(H,30,31)/t26-/m0/s1. The van der Waals surface area contributed by atoms with Crippen molar-refractivity contribution in [2.75, 3.05) is 13.7 Å². The van der Waals surface area contributed by atoms with E-state index in [0.29, 0.717) is 52.2 Å². The molecule has 36 heavy (non-hydrogen) atoms. The van der Waals surface area contributed by atoms with Crippen molar-refractivity contribution in [3.63, 3.8) is 0 Å². The van der Waals surface area contributed by atoms with Gasteiger partial charge in [-0.3, -0.25) is 14.9 Å². The highest BCUT2D eigenvalue weighted by Crippen LogP contribution is 2.47. The molecule has 0 spiro atoms. The molecule has 9 heteroatoms. The van der Waals surface area contributed by atoms with Crippen LogP contribution in [0.2, 0.25) is 5.02 Å². The van der Waals surface area contributed by atoms with Gasteiger partial charge in [-0.25, -0.2) is 0 Å². The van der Waals surface area contributed by atoms with E-state index in [2.05, 4.69) is 15.2 Å². The van der Waals surface area contributed by atoms with E-state index in [-0.39, 0.29) is 11.7 Å². The lowest BCUT2D eigenvalue weighted by Crippen LogP contribution is -2.29. The Morgan fingerprint density at radius 3 is 2.75 bits per heavy atom. The number of hydrogen-bond acceptors (Lipinski definition) is 6. The molecule has 0 radical (unpaired) electrons. The van der Waals surface area contributed by atoms with Gasteiger partial charge < -0.3 is 19.5 Å². The molecule has 1 amide bonds. The number of carbonyl (C=O) groups excluding carboxylic acids is 1. The predicted molar refractivity (Wildman–Crippen MR) is 136 cm³/mol. The van der Waals surface area contributed by atoms with Crippen molar-refractivity contribution in [1.82, 2.24) is 20.1 Å². The van der Waals surface area contributed by atoms with Crippen LogP contribution in [0.1, 0.15) is 45.7 Å². The van der Waals surface area contributed by atoms with Gasteiger partial charge in [0.25, 0.3) is 5.91 Å². The normalized spacial score (nSPS) is 14.7. The Hall–Kier alpha value is -4.04. The number of carbonyl (C=O) groups is 1. The Labute approximate surface area is 213 Å². The number of rotatable bonds is 7. The van der Waals surface area contributed by atoms with Crippen LogP contribution in [0.4, 0.5) is 0 Å². The Kier molecular flexibility index (Phi) is 6.28. The number of fused-ring (bicyclic) bond motifs is 1. The SMILES string of the molecule is CCOc1ccc([C@H]2c3c(-c4cc(Cl)c(C)cc4O)n[nH]c3C(=O)N2Cc2cccnc2)cc1OC. The van der Waals surface area contributed by atoms with Crippen LogP contribution in [0, 0.1) is 6.92 Å². The third-order valence-electron chi connectivity index (χ3n) is 6.27. The molecule has 2 aromatic heterocycles. The number of H-pyrrole nitrogens is 1. The van der Waals surface area contributed by atoms with Crippen molar-refractivity contribution in [2.45, 2.75) is 26.4 Å². The summed E-state index contributed by atoms with van der Waals surface area (Å²) in [5.74, 6) is 1.00. The summed E-state index contributed by atoms with van der Waals surface area (Å²) >= 11 is 6.39. The number of phenols is 1. The van der Waals surface area contributed by atoms with Crippen molar-refractivity contribution < 1.29 is 19.4 Å². The number of phenolic OH excluding ortho intramolecular Hbond substituents is 1. The maximum absolute atomic E-state index is 13.6.